The van der Waals surface area contributed by atoms with Gasteiger partial charge in [-0.3, -0.25) is 0 Å². The predicted octanol–water partition coefficient (Wildman–Crippen LogP) is 13.2. The van der Waals surface area contributed by atoms with E-state index >= 15 is 0 Å². The Morgan fingerprint density at radius 2 is 0.787 bits per heavy atom. The second kappa shape index (κ2) is 10.2. The van der Waals surface area contributed by atoms with Gasteiger partial charge in [0, 0.05) is 10.8 Å². The molecule has 1 aromatic heterocycles. The first kappa shape index (κ1) is 10.7. The van der Waals surface area contributed by atoms with Crippen LogP contribution in [0.5, 0.6) is 0 Å². The van der Waals surface area contributed by atoms with Crippen LogP contribution in [0.4, 0.5) is 0 Å². The van der Waals surface area contributed by atoms with Crippen molar-refractivity contribution in [2.24, 2.45) is 0 Å². The maximum atomic E-state index is 9.68. The first-order chi connectivity index (χ1) is 35.0. The zero-order valence-electron chi connectivity index (χ0n) is 51.4. The normalized spacial score (nSPS) is 20.2. The zero-order chi connectivity index (χ0) is 55.3. The molecule has 0 aliphatic carbocycles. The van der Waals surface area contributed by atoms with Gasteiger partial charge in [0.05, 0.1) is 38.4 Å². The van der Waals surface area contributed by atoms with E-state index < -0.39 is 262 Å². The van der Waals surface area contributed by atoms with Gasteiger partial charge in [-0.15, -0.1) is 0 Å². The molecule has 0 fully saturated rings. The molecule has 0 spiro atoms. The van der Waals surface area contributed by atoms with Crippen LogP contribution in [-0.2, 0) is 0 Å². The Bertz CT molecular complexity index is 4330. The van der Waals surface area contributed by atoms with Gasteiger partial charge in [-0.1, -0.05) is 145 Å². The van der Waals surface area contributed by atoms with Gasteiger partial charge in [-0.25, -0.2) is 0 Å². The van der Waals surface area contributed by atoms with Crippen LogP contribution in [0, 0.1) is 0 Å². The summed E-state index contributed by atoms with van der Waals surface area (Å²) in [7, 11) is 0. The second-order valence-corrected chi connectivity index (χ2v) is 10.3. The van der Waals surface area contributed by atoms with E-state index in [9.17, 15) is 16.4 Å². The molecule has 1 nitrogen and oxygen atoms in total. The van der Waals surface area contributed by atoms with Crippen molar-refractivity contribution in [2.45, 2.75) is 0 Å². The van der Waals surface area contributed by atoms with E-state index in [1.54, 1.807) is 0 Å². The summed E-state index contributed by atoms with van der Waals surface area (Å²) in [6, 6.07) is -25.5. The molecule has 0 bridgehead atoms. The number of furan rings is 1. The van der Waals surface area contributed by atoms with Crippen LogP contribution in [0.25, 0.3) is 98.4 Å². The molecular formula is C46H28O. The van der Waals surface area contributed by atoms with Gasteiger partial charge in [0.1, 0.15) is 11.2 Å². The predicted molar refractivity (Wildman–Crippen MR) is 200 cm³/mol. The van der Waals surface area contributed by atoms with E-state index in [-0.39, 0.29) is 5.39 Å². The minimum atomic E-state index is -1.09. The molecule has 0 radical (unpaired) electrons. The minimum absolute atomic E-state index is 0.389. The largest absolute Gasteiger partial charge is 0.456 e. The van der Waals surface area contributed by atoms with E-state index in [4.69, 9.17) is 26.3 Å². The molecule has 0 atom stereocenters. The highest BCUT2D eigenvalue weighted by Crippen LogP contribution is 2.45. The molecule has 0 amide bonds. The summed E-state index contributed by atoms with van der Waals surface area (Å²) in [5, 5.41) is -6.08. The molecule has 10 aromatic rings. The van der Waals surface area contributed by atoms with Gasteiger partial charge in [0.15, 0.2) is 0 Å². The van der Waals surface area contributed by atoms with Crippen LogP contribution < -0.4 is 0 Å². The average molecular weight is 625 g/mol. The highest BCUT2D eigenvalue weighted by Gasteiger charge is 2.17. The monoisotopic (exact) mass is 624 g/mol. The maximum Gasteiger partial charge on any atom is 0.135 e. The van der Waals surface area contributed by atoms with Crippen molar-refractivity contribution >= 4 is 65.0 Å². The van der Waals surface area contributed by atoms with Crippen molar-refractivity contribution in [3.63, 3.8) is 0 Å². The Kier molecular flexibility index (Phi) is 2.31. The molecular weight excluding hydrogens is 569 g/mol. The lowest BCUT2D eigenvalue weighted by Gasteiger charge is -2.18. The zero-order valence-corrected chi connectivity index (χ0v) is 23.4. The third-order valence-corrected chi connectivity index (χ3v) is 7.70. The first-order valence-corrected chi connectivity index (χ1v) is 13.9. The van der Waals surface area contributed by atoms with Gasteiger partial charge in [0.2, 0.25) is 0 Å². The Hall–Kier alpha value is -6.18. The van der Waals surface area contributed by atoms with Crippen LogP contribution in [0.2, 0.25) is 0 Å². The second-order valence-electron chi connectivity index (χ2n) is 10.3. The summed E-state index contributed by atoms with van der Waals surface area (Å²) >= 11 is 0. The van der Waals surface area contributed by atoms with E-state index in [0.717, 1.165) is 0 Å². The third kappa shape index (κ3) is 4.03. The highest BCUT2D eigenvalue weighted by molar-refractivity contribution is 6.22. The summed E-state index contributed by atoms with van der Waals surface area (Å²) in [6.45, 7) is 0. The van der Waals surface area contributed by atoms with Crippen LogP contribution in [0.15, 0.2) is 174 Å². The molecule has 1 heteroatoms. The van der Waals surface area contributed by atoms with Gasteiger partial charge >= 0.3 is 0 Å². The van der Waals surface area contributed by atoms with E-state index in [0.29, 0.717) is 0 Å². The molecule has 1 heterocycles. The Balaban J connectivity index is 1.42. The molecule has 218 valence electrons. The number of fused-ring (bicyclic) bond motifs is 8. The number of hydrogen-bond donors (Lipinski definition) is 0. The molecule has 0 saturated heterocycles. The number of hydrogen-bond acceptors (Lipinski definition) is 1. The molecule has 0 unspecified atom stereocenters. The molecule has 0 aliphatic heterocycles. The van der Waals surface area contributed by atoms with E-state index in [1.165, 1.54) is 0 Å². The van der Waals surface area contributed by atoms with Crippen molar-refractivity contribution in [2.75, 3.05) is 0 Å². The summed E-state index contributed by atoms with van der Waals surface area (Å²) in [5.74, 6) is 0. The fourth-order valence-electron chi connectivity index (χ4n) is 5.65. The Morgan fingerprint density at radius 1 is 0.298 bits per heavy atom. The van der Waals surface area contributed by atoms with Crippen LogP contribution in [0.3, 0.4) is 0 Å². The lowest BCUT2D eigenvalue weighted by atomic mass is 9.85. The van der Waals surface area contributed by atoms with Gasteiger partial charge < -0.3 is 4.42 Å². The lowest BCUT2D eigenvalue weighted by molar-refractivity contribution is 0.669. The molecule has 10 rings (SSSR count). The first-order valence-electron chi connectivity index (χ1n) is 27.9. The Labute approximate surface area is 311 Å². The quantitative estimate of drug-likeness (QED) is 0.141. The van der Waals surface area contributed by atoms with Crippen molar-refractivity contribution in [3.8, 4) is 33.4 Å². The molecule has 0 saturated carbocycles. The van der Waals surface area contributed by atoms with E-state index in [2.05, 4.69) is 0 Å². The van der Waals surface area contributed by atoms with Gasteiger partial charge in [-0.05, 0) is 101 Å². The smallest absolute Gasteiger partial charge is 0.135 e. The van der Waals surface area contributed by atoms with Crippen LogP contribution in [0.1, 0.15) is 38.4 Å². The van der Waals surface area contributed by atoms with E-state index in [1.807, 2.05) is 0 Å². The van der Waals surface area contributed by atoms with Crippen molar-refractivity contribution < 1.29 is 42.8 Å². The summed E-state index contributed by atoms with van der Waals surface area (Å²) in [5.41, 5.74) is -5.73. The van der Waals surface area contributed by atoms with Gasteiger partial charge in [-0.2, -0.15) is 0 Å². The summed E-state index contributed by atoms with van der Waals surface area (Å²) in [6.07, 6.45) is 0. The number of benzene rings is 9. The number of rotatable bonds is 3. The fourth-order valence-corrected chi connectivity index (χ4v) is 5.65. The lowest BCUT2D eigenvalue weighted by Crippen LogP contribution is -1.91. The minimum Gasteiger partial charge on any atom is -0.456 e. The molecule has 47 heavy (non-hydrogen) atoms. The SMILES string of the molecule is [2H]c1c([2H])c(-c2c3c([2H])c([2H])c([2H])c([2H])c3c(-c3c([2H])c([2H])c4c(c3[2H])c([2H])c([2H])c3c([2H])c([2H])c([2H])c([2H])c34)c3c([2H])c([2H])c([2H])c([2H])c23)c([2H])c([2H])c1-c1c([2H])c([2H])c2oc3c([2H])c([2H])c([2H])c([2H])c3c2c1[2H]. The summed E-state index contributed by atoms with van der Waals surface area (Å²) < 4.78 is 257. The maximum absolute atomic E-state index is 9.68. The third-order valence-electron chi connectivity index (χ3n) is 7.70. The number of para-hydroxylation sites is 1. The van der Waals surface area contributed by atoms with Crippen LogP contribution >= 0.6 is 0 Å². The highest BCUT2D eigenvalue weighted by atomic mass is 16.3. The average Bonchev–Trinajstić information content (AvgIpc) is 3.84. The van der Waals surface area contributed by atoms with Crippen molar-refractivity contribution in [1.29, 1.82) is 0 Å². The molecule has 9 aromatic carbocycles. The fraction of sp³-hybridized carbons (Fsp3) is 0. The van der Waals surface area contributed by atoms with Crippen molar-refractivity contribution in [1.82, 2.24) is 0 Å². The summed E-state index contributed by atoms with van der Waals surface area (Å²) in [4.78, 5) is 0. The standard InChI is InChI=1S/C46H28O/c1-2-10-35-30(9-1)19-22-33-27-34(23-25-36(33)35)46-40-14-5-3-12-38(40)45(39-13-4-6-15-41(39)46)31-20-17-29(18-21-31)32-24-26-44-42(28-32)37-11-7-8-16-43(37)47-44/h1-28H/i1D,2D,3D,4D,5D,6D,7D,8D,9D,10D,11D,12D,13D,14D,15D,16D,17D,18D,19D,20D,21D,22D,23D,24D,25D,26D,27D,28D. The van der Waals surface area contributed by atoms with Crippen molar-refractivity contribution in [3.05, 3.63) is 169 Å². The molecule has 0 N–H and O–H groups in total. The van der Waals surface area contributed by atoms with Crippen LogP contribution in [-0.4, -0.2) is 0 Å². The Morgan fingerprint density at radius 3 is 1.51 bits per heavy atom. The van der Waals surface area contributed by atoms with Gasteiger partial charge in [0.25, 0.3) is 0 Å². The topological polar surface area (TPSA) is 13.1 Å². The molecule has 0 aliphatic rings.